The summed E-state index contributed by atoms with van der Waals surface area (Å²) in [6.07, 6.45) is 0. The molecular weight excluding hydrogens is 1570 g/mol. The topological polar surface area (TPSA) is 184 Å². The highest BCUT2D eigenvalue weighted by atomic mass is 15.0. The fourth-order valence-electron chi connectivity index (χ4n) is 17.5. The minimum absolute atomic E-state index is 0.505. The van der Waals surface area contributed by atoms with Gasteiger partial charge in [0.15, 0.2) is 34.4 Å². The second kappa shape index (κ2) is 31.7. The van der Waals surface area contributed by atoms with E-state index in [1.807, 2.05) is 140 Å². The van der Waals surface area contributed by atoms with Crippen molar-refractivity contribution in [2.24, 2.45) is 0 Å². The van der Waals surface area contributed by atoms with Crippen LogP contribution in [-0.4, -0.2) is 38.2 Å². The van der Waals surface area contributed by atoms with E-state index in [9.17, 15) is 21.0 Å². The summed E-state index contributed by atoms with van der Waals surface area (Å²) in [5, 5.41) is 46.4. The third kappa shape index (κ3) is 13.6. The second-order valence-electron chi connectivity index (χ2n) is 31.0. The molecule has 0 fully saturated rings. The van der Waals surface area contributed by atoms with E-state index >= 15 is 0 Å². The largest absolute Gasteiger partial charge is 0.309 e. The van der Waals surface area contributed by atoms with Gasteiger partial charge in [0.05, 0.1) is 140 Å². The van der Waals surface area contributed by atoms with E-state index in [4.69, 9.17) is 46.2 Å². The average molecular weight is 1630 g/mol. The molecule has 0 saturated heterocycles. The first-order valence-corrected chi connectivity index (χ1v) is 41.0. The van der Waals surface area contributed by atoms with E-state index in [2.05, 4.69) is 244 Å². The maximum Gasteiger partial charge on any atom is 0.188 e. The molecule has 0 amide bonds. The highest BCUT2D eigenvalue weighted by molar-refractivity contribution is 6.15. The van der Waals surface area contributed by atoms with Crippen LogP contribution in [0, 0.1) is 71.6 Å². The molecule has 16 nitrogen and oxygen atoms in total. The highest BCUT2D eigenvalue weighted by Crippen LogP contribution is 2.44. The Labute approximate surface area is 733 Å². The summed E-state index contributed by atoms with van der Waals surface area (Å²) >= 11 is 0. The van der Waals surface area contributed by atoms with Gasteiger partial charge in [-0.1, -0.05) is 170 Å². The summed E-state index contributed by atoms with van der Waals surface area (Å²) in [5.74, 6) is 1.05. The summed E-state index contributed by atoms with van der Waals surface area (Å²) in [5.41, 5.74) is 29.0. The molecule has 0 bridgehead atoms. The molecule has 0 N–H and O–H groups in total. The van der Waals surface area contributed by atoms with Gasteiger partial charge in [0.2, 0.25) is 0 Å². The van der Waals surface area contributed by atoms with Crippen molar-refractivity contribution in [2.45, 2.75) is 0 Å². The number of nitriles is 4. The van der Waals surface area contributed by atoms with Gasteiger partial charge in [-0.2, -0.15) is 21.0 Å². The van der Waals surface area contributed by atoms with Crippen molar-refractivity contribution >= 4 is 110 Å². The summed E-state index contributed by atoms with van der Waals surface area (Å²) in [4.78, 5) is 34.3. The van der Waals surface area contributed by atoms with Gasteiger partial charge >= 0.3 is 0 Å². The number of rotatable bonds is 12. The first-order chi connectivity index (χ1) is 63.0. The third-order valence-electron chi connectivity index (χ3n) is 23.7. The van der Waals surface area contributed by atoms with Gasteiger partial charge in [-0.15, -0.1) is 0 Å². The van der Waals surface area contributed by atoms with Crippen molar-refractivity contribution in [1.82, 2.24) is 38.2 Å². The Bertz CT molecular complexity index is 8460. The quantitative estimate of drug-likeness (QED) is 0.108. The number of hydrogen-bond donors (Lipinski definition) is 0. The predicted molar refractivity (Wildman–Crippen MR) is 509 cm³/mol. The highest BCUT2D eigenvalue weighted by Gasteiger charge is 2.23. The number of aromatic nitrogens is 8. The Morgan fingerprint density at radius 3 is 0.867 bits per heavy atom. The molecule has 0 aliphatic carbocycles. The summed E-state index contributed by atoms with van der Waals surface area (Å²) in [6, 6.07) is 129. The van der Waals surface area contributed by atoms with Crippen LogP contribution in [0.15, 0.2) is 364 Å². The van der Waals surface area contributed by atoms with Crippen molar-refractivity contribution in [2.75, 3.05) is 0 Å². The van der Waals surface area contributed by atoms with E-state index < -0.39 is 0 Å². The molecule has 0 aliphatic heterocycles. The SMILES string of the molecule is [C-]#[N+]c1ccc2c(c1)c1cc(C#N)ccc1n2-c1ccc2c(c1)c1ccccc1n2-c1ccc(-c2ccc(-c3cc(-c4ccc(C#N)cc4)nc(-c4ccc(C#N)cc4)n3)cc2)cc1.[C-]#[N+]c1cccc(-c2cc(-c3ccc(-c4ccc(-n5c6ccccc6c6cc(-n7c8ccc(C#N)cc8c8cc([N+]#[C-])ccc87)ccc65)cc4)cc3)nc(-c3cccc([N+]#[C-])c3)n2)c1. The lowest BCUT2D eigenvalue weighted by molar-refractivity contribution is 1.17. The van der Waals surface area contributed by atoms with Crippen LogP contribution < -0.4 is 0 Å². The van der Waals surface area contributed by atoms with E-state index in [-0.39, 0.29) is 0 Å². The van der Waals surface area contributed by atoms with E-state index in [0.717, 1.165) is 183 Å². The van der Waals surface area contributed by atoms with Crippen molar-refractivity contribution in [1.29, 1.82) is 21.0 Å². The van der Waals surface area contributed by atoms with Crippen LogP contribution in [-0.2, 0) is 0 Å². The second-order valence-corrected chi connectivity index (χ2v) is 31.0. The Hall–Kier alpha value is -19.2. The zero-order chi connectivity index (χ0) is 86.6. The molecule has 16 heteroatoms. The van der Waals surface area contributed by atoms with Crippen LogP contribution in [0.5, 0.6) is 0 Å². The zero-order valence-electron chi connectivity index (χ0n) is 67.8. The molecule has 0 radical (unpaired) electrons. The fraction of sp³-hybridized carbons (Fsp3) is 0. The van der Waals surface area contributed by atoms with Gasteiger partial charge in [0.25, 0.3) is 0 Å². The maximum atomic E-state index is 9.71. The van der Waals surface area contributed by atoms with Crippen LogP contribution in [0.2, 0.25) is 0 Å². The van der Waals surface area contributed by atoms with Gasteiger partial charge in [0, 0.05) is 82.9 Å². The Morgan fingerprint density at radius 2 is 0.469 bits per heavy atom. The Morgan fingerprint density at radius 1 is 0.195 bits per heavy atom. The molecule has 6 aromatic heterocycles. The standard InChI is InChI=1S/2C56H30N8/c1-58-41-10-6-8-39(29-41)51-33-50(61-56(62-51)40-9-7-11-42(30-40)59-2)38-17-15-36(16-18-38)37-19-22-44(23-20-37)63-52-13-5-4-12-46(52)49-32-45(24-27-55(49)63)64-53-25-14-35(34-57)28-47(53)48-31-43(60-3)21-26-54(48)64;1-60-43-21-26-54-48(29-43)47-28-37(34-59)10-25-53(47)64(54)45-24-27-55-49(30-45)46-4-2-3-5-52(46)63(55)44-22-19-39(20-23-44)38-15-17-41(18-16-38)51-31-50(40-11-6-35(32-57)7-12-40)61-56(62-51)42-13-8-36(33-58)9-14-42/h4-33H;2-31H. The number of benzene rings is 16. The van der Waals surface area contributed by atoms with Crippen LogP contribution in [0.25, 0.3) is 219 Å². The molecule has 22 rings (SSSR count). The predicted octanol–water partition coefficient (Wildman–Crippen LogP) is 28.4. The average Bonchev–Trinajstić information content (AvgIpc) is 1.57. The molecule has 0 atom stereocenters. The normalized spacial score (nSPS) is 11.1. The van der Waals surface area contributed by atoms with Gasteiger partial charge in [-0.05, 0) is 233 Å². The molecule has 22 aromatic rings. The molecule has 0 unspecified atom stereocenters. The molecule has 588 valence electrons. The molecule has 0 saturated carbocycles. The van der Waals surface area contributed by atoms with Gasteiger partial charge in [0.1, 0.15) is 0 Å². The molecule has 0 spiro atoms. The Kier molecular flexibility index (Phi) is 18.9. The fourth-order valence-corrected chi connectivity index (χ4v) is 17.5. The number of para-hydroxylation sites is 2. The molecule has 6 heterocycles. The maximum absolute atomic E-state index is 9.71. The van der Waals surface area contributed by atoms with Gasteiger partial charge in [-0.25, -0.2) is 39.3 Å². The minimum Gasteiger partial charge on any atom is -0.309 e. The Balaban J connectivity index is 0.000000156. The minimum atomic E-state index is 0.505. The van der Waals surface area contributed by atoms with Crippen LogP contribution >= 0.6 is 0 Å². The van der Waals surface area contributed by atoms with E-state index in [1.54, 1.807) is 42.5 Å². The third-order valence-corrected chi connectivity index (χ3v) is 23.7. The summed E-state index contributed by atoms with van der Waals surface area (Å²) in [7, 11) is 0. The number of hydrogen-bond acceptors (Lipinski definition) is 8. The first-order valence-electron chi connectivity index (χ1n) is 41.0. The summed E-state index contributed by atoms with van der Waals surface area (Å²) in [6.45, 7) is 30.3. The lowest BCUT2D eigenvalue weighted by Crippen LogP contribution is -1.96. The van der Waals surface area contributed by atoms with Crippen LogP contribution in [0.3, 0.4) is 0 Å². The monoisotopic (exact) mass is 1630 g/mol. The first kappa shape index (κ1) is 76.2. The van der Waals surface area contributed by atoms with Gasteiger partial charge in [-0.3, -0.25) is 0 Å². The van der Waals surface area contributed by atoms with Crippen LogP contribution in [0.4, 0.5) is 22.7 Å². The van der Waals surface area contributed by atoms with E-state index in [0.29, 0.717) is 62.3 Å². The number of nitrogens with zero attached hydrogens (tertiary/aromatic N) is 16. The molecule has 16 aromatic carbocycles. The van der Waals surface area contributed by atoms with Gasteiger partial charge < -0.3 is 18.3 Å². The molecular formula is C112H60N16. The lowest BCUT2D eigenvalue weighted by atomic mass is 10.0. The number of fused-ring (bicyclic) bond motifs is 12. The summed E-state index contributed by atoms with van der Waals surface area (Å²) < 4.78 is 9.05. The van der Waals surface area contributed by atoms with E-state index in [1.165, 1.54) is 0 Å². The van der Waals surface area contributed by atoms with Crippen molar-refractivity contribution in [3.05, 3.63) is 432 Å². The smallest absolute Gasteiger partial charge is 0.188 e. The zero-order valence-corrected chi connectivity index (χ0v) is 67.8. The van der Waals surface area contributed by atoms with Crippen molar-refractivity contribution < 1.29 is 0 Å². The van der Waals surface area contributed by atoms with Crippen molar-refractivity contribution in [3.8, 4) is 137 Å². The van der Waals surface area contributed by atoms with Crippen LogP contribution in [0.1, 0.15) is 22.3 Å². The molecule has 128 heavy (non-hydrogen) atoms. The molecule has 0 aliphatic rings. The van der Waals surface area contributed by atoms with Crippen molar-refractivity contribution in [3.63, 3.8) is 0 Å². The lowest BCUT2D eigenvalue weighted by Gasteiger charge is -2.12.